The quantitative estimate of drug-likeness (QED) is 0.858. The predicted molar refractivity (Wildman–Crippen MR) is 84.0 cm³/mol. The van der Waals surface area contributed by atoms with Crippen LogP contribution in [0.25, 0.3) is 11.0 Å². The fraction of sp³-hybridized carbons (Fsp3) is 0.438. The number of fused-ring (bicyclic) bond motifs is 3. The van der Waals surface area contributed by atoms with E-state index in [1.807, 2.05) is 0 Å². The van der Waals surface area contributed by atoms with Gasteiger partial charge in [0.1, 0.15) is 11.3 Å². The smallest absolute Gasteiger partial charge is 0.271 e. The number of carbonyl (C=O) groups excluding carboxylic acids is 2. The summed E-state index contributed by atoms with van der Waals surface area (Å²) in [6.07, 6.45) is 4.63. The van der Waals surface area contributed by atoms with Gasteiger partial charge >= 0.3 is 0 Å². The van der Waals surface area contributed by atoms with Gasteiger partial charge in [0.2, 0.25) is 12.3 Å². The summed E-state index contributed by atoms with van der Waals surface area (Å²) in [4.78, 5) is 31.1. The molecular weight excluding hydrogens is 296 g/mol. The Balaban J connectivity index is 1.54. The first kappa shape index (κ1) is 14.2. The summed E-state index contributed by atoms with van der Waals surface area (Å²) in [6, 6.07) is 3.34. The third kappa shape index (κ3) is 2.46. The number of carbonyl (C=O) groups is 2. The number of rotatable bonds is 4. The van der Waals surface area contributed by atoms with E-state index < -0.39 is 0 Å². The van der Waals surface area contributed by atoms with Crippen LogP contribution < -0.4 is 10.2 Å². The standard InChI is InChI=1S/C16H18N4O3/c1-19(9-21)15-5-11-7-17-12(6-13(11)23-15)16(22)18-14-4-10-2-3-20(14)8-10/h5-7,9-10,14H,2-4,8H2,1H3,(H,18,22). The Morgan fingerprint density at radius 3 is 3.09 bits per heavy atom. The third-order valence-electron chi connectivity index (χ3n) is 4.74. The SMILES string of the molecule is CN(C=O)c1cc2cnc(C(=O)NC3CC4CCN3C4)cc2o1. The van der Waals surface area contributed by atoms with E-state index in [4.69, 9.17) is 4.42 Å². The summed E-state index contributed by atoms with van der Waals surface area (Å²) >= 11 is 0. The number of pyridine rings is 1. The van der Waals surface area contributed by atoms with Crippen molar-refractivity contribution in [2.75, 3.05) is 25.0 Å². The molecule has 4 heterocycles. The monoisotopic (exact) mass is 314 g/mol. The first-order valence-corrected chi connectivity index (χ1v) is 7.76. The van der Waals surface area contributed by atoms with Crippen LogP contribution in [0.3, 0.4) is 0 Å². The molecule has 120 valence electrons. The van der Waals surface area contributed by atoms with Crippen molar-refractivity contribution in [3.8, 4) is 0 Å². The number of aromatic nitrogens is 1. The van der Waals surface area contributed by atoms with Gasteiger partial charge < -0.3 is 9.73 Å². The second-order valence-corrected chi connectivity index (χ2v) is 6.28. The molecule has 2 aliphatic heterocycles. The molecule has 3 unspecified atom stereocenters. The van der Waals surface area contributed by atoms with Gasteiger partial charge in [-0.15, -0.1) is 0 Å². The zero-order valence-electron chi connectivity index (χ0n) is 12.9. The lowest BCUT2D eigenvalue weighted by atomic mass is 10.0. The summed E-state index contributed by atoms with van der Waals surface area (Å²) in [5.74, 6) is 0.946. The van der Waals surface area contributed by atoms with Crippen LogP contribution in [0.4, 0.5) is 5.88 Å². The number of nitrogens with one attached hydrogen (secondary N) is 1. The van der Waals surface area contributed by atoms with Crippen LogP contribution in [-0.2, 0) is 4.79 Å². The summed E-state index contributed by atoms with van der Waals surface area (Å²) in [5.41, 5.74) is 0.873. The van der Waals surface area contributed by atoms with E-state index in [2.05, 4.69) is 15.2 Å². The number of nitrogens with zero attached hydrogens (tertiary/aromatic N) is 3. The van der Waals surface area contributed by atoms with E-state index >= 15 is 0 Å². The normalized spacial score (nSPS) is 25.7. The number of furan rings is 1. The highest BCUT2D eigenvalue weighted by molar-refractivity contribution is 5.96. The molecule has 23 heavy (non-hydrogen) atoms. The topological polar surface area (TPSA) is 78.7 Å². The van der Waals surface area contributed by atoms with Crippen molar-refractivity contribution in [2.24, 2.45) is 5.92 Å². The maximum atomic E-state index is 12.4. The summed E-state index contributed by atoms with van der Waals surface area (Å²) in [5, 5.41) is 3.81. The van der Waals surface area contributed by atoms with Crippen LogP contribution in [0.2, 0.25) is 0 Å². The van der Waals surface area contributed by atoms with Gasteiger partial charge in [0.05, 0.1) is 6.17 Å². The highest BCUT2D eigenvalue weighted by Crippen LogP contribution is 2.31. The number of amides is 2. The Labute approximate surface area is 133 Å². The molecule has 2 aliphatic rings. The second-order valence-electron chi connectivity index (χ2n) is 6.28. The Morgan fingerprint density at radius 2 is 2.39 bits per heavy atom. The zero-order chi connectivity index (χ0) is 16.0. The molecule has 3 atom stereocenters. The van der Waals surface area contributed by atoms with Crippen molar-refractivity contribution in [1.82, 2.24) is 15.2 Å². The maximum Gasteiger partial charge on any atom is 0.271 e. The van der Waals surface area contributed by atoms with Gasteiger partial charge in [-0.1, -0.05) is 0 Å². The Kier molecular flexibility index (Phi) is 3.30. The first-order valence-electron chi connectivity index (χ1n) is 7.76. The van der Waals surface area contributed by atoms with E-state index in [0.717, 1.165) is 24.9 Å². The lowest BCUT2D eigenvalue weighted by molar-refractivity contribution is -0.107. The van der Waals surface area contributed by atoms with Crippen LogP contribution >= 0.6 is 0 Å². The molecule has 0 radical (unpaired) electrons. The molecular formula is C16H18N4O3. The van der Waals surface area contributed by atoms with Crippen LogP contribution in [0.15, 0.2) is 22.7 Å². The molecule has 2 saturated heterocycles. The van der Waals surface area contributed by atoms with Crippen LogP contribution in [0.1, 0.15) is 23.3 Å². The second kappa shape index (κ2) is 5.34. The van der Waals surface area contributed by atoms with Gasteiger partial charge in [-0.05, 0) is 18.8 Å². The molecule has 0 saturated carbocycles. The van der Waals surface area contributed by atoms with E-state index in [9.17, 15) is 9.59 Å². The summed E-state index contributed by atoms with van der Waals surface area (Å²) in [6.45, 7) is 2.14. The molecule has 0 spiro atoms. The van der Waals surface area contributed by atoms with Crippen molar-refractivity contribution in [3.05, 3.63) is 24.0 Å². The van der Waals surface area contributed by atoms with E-state index in [-0.39, 0.29) is 12.1 Å². The molecule has 0 aromatic carbocycles. The van der Waals surface area contributed by atoms with Gasteiger partial charge in [0, 0.05) is 43.9 Å². The van der Waals surface area contributed by atoms with Gasteiger partial charge in [-0.2, -0.15) is 0 Å². The fourth-order valence-corrected chi connectivity index (χ4v) is 3.45. The molecule has 2 bridgehead atoms. The lowest BCUT2D eigenvalue weighted by Crippen LogP contribution is -2.45. The molecule has 7 heteroatoms. The highest BCUT2D eigenvalue weighted by atomic mass is 16.4. The van der Waals surface area contributed by atoms with E-state index in [1.54, 1.807) is 25.4 Å². The first-order chi connectivity index (χ1) is 11.1. The van der Waals surface area contributed by atoms with Crippen LogP contribution in [0, 0.1) is 5.92 Å². The Morgan fingerprint density at radius 1 is 1.52 bits per heavy atom. The highest BCUT2D eigenvalue weighted by Gasteiger charge is 2.38. The van der Waals surface area contributed by atoms with E-state index in [1.165, 1.54) is 11.3 Å². The number of hydrogen-bond acceptors (Lipinski definition) is 5. The number of hydrogen-bond donors (Lipinski definition) is 1. The van der Waals surface area contributed by atoms with Crippen LogP contribution in [-0.4, -0.2) is 48.5 Å². The molecule has 7 nitrogen and oxygen atoms in total. The van der Waals surface area contributed by atoms with Crippen molar-refractivity contribution >= 4 is 29.2 Å². The molecule has 2 fully saturated rings. The predicted octanol–water partition coefficient (Wildman–Crippen LogP) is 1.20. The van der Waals surface area contributed by atoms with E-state index in [0.29, 0.717) is 29.5 Å². The Hall–Kier alpha value is -2.41. The number of anilines is 1. The lowest BCUT2D eigenvalue weighted by Gasteiger charge is -2.25. The minimum atomic E-state index is -0.189. The molecule has 2 aromatic rings. The zero-order valence-corrected chi connectivity index (χ0v) is 12.9. The summed E-state index contributed by atoms with van der Waals surface area (Å²) < 4.78 is 5.60. The van der Waals surface area contributed by atoms with Gasteiger partial charge in [-0.25, -0.2) is 0 Å². The largest absolute Gasteiger partial charge is 0.440 e. The van der Waals surface area contributed by atoms with Crippen LogP contribution in [0.5, 0.6) is 0 Å². The Bertz CT molecular complexity index is 772. The average molecular weight is 314 g/mol. The van der Waals surface area contributed by atoms with Gasteiger partial charge in [0.15, 0.2) is 0 Å². The average Bonchev–Trinajstić information content (AvgIpc) is 3.27. The summed E-state index contributed by atoms with van der Waals surface area (Å²) in [7, 11) is 1.61. The van der Waals surface area contributed by atoms with Crippen molar-refractivity contribution in [3.63, 3.8) is 0 Å². The molecule has 1 N–H and O–H groups in total. The minimum absolute atomic E-state index is 0.118. The molecule has 0 aliphatic carbocycles. The van der Waals surface area contributed by atoms with Gasteiger partial charge in [-0.3, -0.25) is 24.4 Å². The molecule has 2 amide bonds. The molecule has 4 rings (SSSR count). The van der Waals surface area contributed by atoms with Gasteiger partial charge in [0.25, 0.3) is 5.91 Å². The van der Waals surface area contributed by atoms with Crippen molar-refractivity contribution < 1.29 is 14.0 Å². The van der Waals surface area contributed by atoms with Crippen molar-refractivity contribution in [1.29, 1.82) is 0 Å². The number of piperidine rings is 1. The van der Waals surface area contributed by atoms with Crippen molar-refractivity contribution in [2.45, 2.75) is 19.0 Å². The maximum absolute atomic E-state index is 12.4. The minimum Gasteiger partial charge on any atom is -0.440 e. The fourth-order valence-electron chi connectivity index (χ4n) is 3.45. The third-order valence-corrected chi connectivity index (χ3v) is 4.74. The molecule has 2 aromatic heterocycles.